The summed E-state index contributed by atoms with van der Waals surface area (Å²) in [4.78, 5) is 20.6. The molecule has 1 aromatic carbocycles. The monoisotopic (exact) mass is 259 g/mol. The Hall–Kier alpha value is -2.01. The molecule has 2 aromatic rings. The molecule has 0 atom stereocenters. The quantitative estimate of drug-likeness (QED) is 0.873. The number of nitrogens with one attached hydrogen (secondary N) is 1. The van der Waals surface area contributed by atoms with Gasteiger partial charge in [-0.15, -0.1) is 0 Å². The minimum atomic E-state index is -0.473. The summed E-state index contributed by atoms with van der Waals surface area (Å²) in [6, 6.07) is 7.40. The fourth-order valence-corrected chi connectivity index (χ4v) is 1.78. The molecule has 2 rings (SSSR count). The van der Waals surface area contributed by atoms with Gasteiger partial charge in [0.2, 0.25) is 0 Å². The van der Waals surface area contributed by atoms with Crippen LogP contribution in [0.25, 0.3) is 11.0 Å². The van der Waals surface area contributed by atoms with Gasteiger partial charge in [0.05, 0.1) is 17.2 Å². The molecule has 1 heterocycles. The number of aliphatic hydroxyl groups is 1. The summed E-state index contributed by atoms with van der Waals surface area (Å²) in [7, 11) is 0. The molecule has 0 aliphatic rings. The molecule has 5 nitrogen and oxygen atoms in total. The van der Waals surface area contributed by atoms with E-state index in [0.29, 0.717) is 11.9 Å². The molecule has 0 saturated heterocycles. The number of carbonyl (C=O) groups is 1. The van der Waals surface area contributed by atoms with E-state index in [2.05, 4.69) is 15.3 Å². The van der Waals surface area contributed by atoms with E-state index in [9.17, 15) is 4.79 Å². The van der Waals surface area contributed by atoms with Crippen molar-refractivity contribution in [3.63, 3.8) is 0 Å². The molecule has 0 saturated carbocycles. The third-order valence-electron chi connectivity index (χ3n) is 2.87. The van der Waals surface area contributed by atoms with Crippen molar-refractivity contribution in [1.29, 1.82) is 0 Å². The number of fused-ring (bicyclic) bond motifs is 1. The molecule has 1 aromatic heterocycles. The van der Waals surface area contributed by atoms with Crippen LogP contribution in [0.3, 0.4) is 0 Å². The molecule has 0 aliphatic heterocycles. The largest absolute Gasteiger partial charge is 0.396 e. The Morgan fingerprint density at radius 3 is 2.68 bits per heavy atom. The average molecular weight is 259 g/mol. The van der Waals surface area contributed by atoms with Crippen LogP contribution in [0.5, 0.6) is 0 Å². The first-order valence-electron chi connectivity index (χ1n) is 6.17. The van der Waals surface area contributed by atoms with E-state index in [1.54, 1.807) is 0 Å². The number of nitrogens with zero attached hydrogens (tertiary/aromatic N) is 2. The van der Waals surface area contributed by atoms with Crippen molar-refractivity contribution in [3.8, 4) is 0 Å². The molecule has 0 unspecified atom stereocenters. The van der Waals surface area contributed by atoms with Gasteiger partial charge in [-0.05, 0) is 32.4 Å². The number of aliphatic hydroxyl groups excluding tert-OH is 1. The maximum atomic E-state index is 12.1. The lowest BCUT2D eigenvalue weighted by Gasteiger charge is -2.24. The predicted octanol–water partition coefficient (Wildman–Crippen LogP) is 1.52. The molecule has 0 spiro atoms. The van der Waals surface area contributed by atoms with Crippen molar-refractivity contribution in [2.45, 2.75) is 25.8 Å². The second-order valence-corrected chi connectivity index (χ2v) is 5.06. The molecule has 19 heavy (non-hydrogen) atoms. The fraction of sp³-hybridized carbons (Fsp3) is 0.357. The first-order valence-corrected chi connectivity index (χ1v) is 6.17. The fourth-order valence-electron chi connectivity index (χ4n) is 1.78. The van der Waals surface area contributed by atoms with Gasteiger partial charge in [0.25, 0.3) is 5.91 Å². The average Bonchev–Trinajstić information content (AvgIpc) is 2.37. The molecule has 1 amide bonds. The van der Waals surface area contributed by atoms with E-state index in [-0.39, 0.29) is 18.2 Å². The van der Waals surface area contributed by atoms with Crippen LogP contribution in [-0.4, -0.2) is 33.1 Å². The zero-order valence-electron chi connectivity index (χ0n) is 11.1. The van der Waals surface area contributed by atoms with Gasteiger partial charge in [-0.2, -0.15) is 0 Å². The number of carbonyl (C=O) groups excluding carboxylic acids is 1. The number of hydrogen-bond acceptors (Lipinski definition) is 4. The van der Waals surface area contributed by atoms with Gasteiger partial charge in [0.15, 0.2) is 0 Å². The van der Waals surface area contributed by atoms with Crippen LogP contribution < -0.4 is 5.32 Å². The number of amides is 1. The van der Waals surface area contributed by atoms with Gasteiger partial charge in [-0.25, -0.2) is 4.98 Å². The van der Waals surface area contributed by atoms with E-state index < -0.39 is 5.54 Å². The second kappa shape index (κ2) is 5.32. The van der Waals surface area contributed by atoms with Gasteiger partial charge >= 0.3 is 0 Å². The topological polar surface area (TPSA) is 75.1 Å². The lowest BCUT2D eigenvalue weighted by Crippen LogP contribution is -2.44. The summed E-state index contributed by atoms with van der Waals surface area (Å²) in [6.07, 6.45) is 1.95. The van der Waals surface area contributed by atoms with Crippen LogP contribution in [0.15, 0.2) is 30.5 Å². The van der Waals surface area contributed by atoms with Crippen LogP contribution in [0.4, 0.5) is 0 Å². The van der Waals surface area contributed by atoms with Gasteiger partial charge in [0.1, 0.15) is 5.69 Å². The molecular formula is C14H17N3O2. The molecule has 0 radical (unpaired) electrons. The highest BCUT2D eigenvalue weighted by Gasteiger charge is 2.21. The van der Waals surface area contributed by atoms with Gasteiger partial charge < -0.3 is 10.4 Å². The van der Waals surface area contributed by atoms with Gasteiger partial charge in [-0.3, -0.25) is 9.78 Å². The van der Waals surface area contributed by atoms with Crippen molar-refractivity contribution in [1.82, 2.24) is 15.3 Å². The van der Waals surface area contributed by atoms with E-state index in [1.165, 1.54) is 6.20 Å². The Balaban J connectivity index is 2.22. The van der Waals surface area contributed by atoms with Crippen molar-refractivity contribution in [3.05, 3.63) is 36.2 Å². The third-order valence-corrected chi connectivity index (χ3v) is 2.87. The van der Waals surface area contributed by atoms with E-state index in [0.717, 1.165) is 5.52 Å². The lowest BCUT2D eigenvalue weighted by molar-refractivity contribution is 0.0894. The molecule has 2 N–H and O–H groups in total. The molecular weight excluding hydrogens is 242 g/mol. The Bertz CT molecular complexity index is 596. The van der Waals surface area contributed by atoms with Crippen molar-refractivity contribution in [2.75, 3.05) is 6.61 Å². The van der Waals surface area contributed by atoms with Gasteiger partial charge in [-0.1, -0.05) is 12.1 Å². The number of benzene rings is 1. The maximum Gasteiger partial charge on any atom is 0.271 e. The summed E-state index contributed by atoms with van der Waals surface area (Å²) < 4.78 is 0. The van der Waals surface area contributed by atoms with Crippen LogP contribution in [0.1, 0.15) is 30.8 Å². The van der Waals surface area contributed by atoms with E-state index in [1.807, 2.05) is 38.1 Å². The normalized spacial score (nSPS) is 11.5. The summed E-state index contributed by atoms with van der Waals surface area (Å²) in [6.45, 7) is 3.74. The number of hydrogen-bond donors (Lipinski definition) is 2. The Kier molecular flexibility index (Phi) is 3.76. The standard InChI is InChI=1S/C14H17N3O2/c1-14(2,7-8-18)17-13(19)12-9-15-10-5-3-4-6-11(10)16-12/h3-6,9,18H,7-8H2,1-2H3,(H,17,19). The molecule has 5 heteroatoms. The minimum absolute atomic E-state index is 0.0245. The smallest absolute Gasteiger partial charge is 0.271 e. The number of rotatable bonds is 4. The molecule has 0 fully saturated rings. The highest BCUT2D eigenvalue weighted by molar-refractivity contribution is 5.94. The molecule has 0 bridgehead atoms. The van der Waals surface area contributed by atoms with Crippen LogP contribution in [0.2, 0.25) is 0 Å². The van der Waals surface area contributed by atoms with Crippen LogP contribution >= 0.6 is 0 Å². The Morgan fingerprint density at radius 2 is 2.00 bits per heavy atom. The molecule has 0 aliphatic carbocycles. The summed E-state index contributed by atoms with van der Waals surface area (Å²) >= 11 is 0. The highest BCUT2D eigenvalue weighted by atomic mass is 16.3. The Morgan fingerprint density at radius 1 is 1.32 bits per heavy atom. The lowest BCUT2D eigenvalue weighted by atomic mass is 10.0. The van der Waals surface area contributed by atoms with Crippen molar-refractivity contribution < 1.29 is 9.90 Å². The first kappa shape index (κ1) is 13.4. The zero-order chi connectivity index (χ0) is 13.9. The predicted molar refractivity (Wildman–Crippen MR) is 72.8 cm³/mol. The van der Waals surface area contributed by atoms with Gasteiger partial charge in [0, 0.05) is 12.1 Å². The minimum Gasteiger partial charge on any atom is -0.396 e. The second-order valence-electron chi connectivity index (χ2n) is 5.06. The summed E-state index contributed by atoms with van der Waals surface area (Å²) in [5.74, 6) is -0.281. The summed E-state index contributed by atoms with van der Waals surface area (Å²) in [5.41, 5.74) is 1.26. The first-order chi connectivity index (χ1) is 9.02. The zero-order valence-corrected chi connectivity index (χ0v) is 11.1. The maximum absolute atomic E-state index is 12.1. The third kappa shape index (κ3) is 3.26. The highest BCUT2D eigenvalue weighted by Crippen LogP contribution is 2.11. The summed E-state index contributed by atoms with van der Waals surface area (Å²) in [5, 5.41) is 11.8. The number of aromatic nitrogens is 2. The van der Waals surface area contributed by atoms with E-state index >= 15 is 0 Å². The molecule has 100 valence electrons. The Labute approximate surface area is 111 Å². The van der Waals surface area contributed by atoms with Crippen LogP contribution in [0, 0.1) is 0 Å². The van der Waals surface area contributed by atoms with Crippen LogP contribution in [-0.2, 0) is 0 Å². The SMILES string of the molecule is CC(C)(CCO)NC(=O)c1cnc2ccccc2n1. The van der Waals surface area contributed by atoms with E-state index in [4.69, 9.17) is 5.11 Å². The number of para-hydroxylation sites is 2. The van der Waals surface area contributed by atoms with Crippen molar-refractivity contribution in [2.24, 2.45) is 0 Å². The van der Waals surface area contributed by atoms with Crippen molar-refractivity contribution >= 4 is 16.9 Å².